The number of hydrogen-bond donors (Lipinski definition) is 0. The van der Waals surface area contributed by atoms with Crippen LogP contribution in [0.1, 0.15) is 63.0 Å². The number of hydrogen-bond acceptors (Lipinski definition) is 0. The van der Waals surface area contributed by atoms with Crippen molar-refractivity contribution in [1.29, 1.82) is 0 Å². The lowest BCUT2D eigenvalue weighted by atomic mass is 9.89. The SMILES string of the molecule is CCCCC(CCC)c1cc(C)cc(Cl)c1. The highest BCUT2D eigenvalue weighted by Crippen LogP contribution is 2.29. The quantitative estimate of drug-likeness (QED) is 0.594. The van der Waals surface area contributed by atoms with Crippen LogP contribution in [0.5, 0.6) is 0 Å². The zero-order valence-corrected chi connectivity index (χ0v) is 11.5. The van der Waals surface area contributed by atoms with Crippen LogP contribution in [0, 0.1) is 6.92 Å². The first-order valence-electron chi connectivity index (χ1n) is 6.44. The minimum atomic E-state index is 0.697. The van der Waals surface area contributed by atoms with Gasteiger partial charge in [-0.1, -0.05) is 50.8 Å². The summed E-state index contributed by atoms with van der Waals surface area (Å²) in [5.74, 6) is 0.697. The molecule has 0 aliphatic carbocycles. The molecule has 0 saturated heterocycles. The number of benzene rings is 1. The number of rotatable bonds is 6. The van der Waals surface area contributed by atoms with Gasteiger partial charge in [0.15, 0.2) is 0 Å². The summed E-state index contributed by atoms with van der Waals surface area (Å²) in [6.45, 7) is 6.64. The van der Waals surface area contributed by atoms with E-state index in [0.29, 0.717) is 5.92 Å². The molecule has 1 rings (SSSR count). The lowest BCUT2D eigenvalue weighted by molar-refractivity contribution is 0.541. The molecule has 0 N–H and O–H groups in total. The normalized spacial score (nSPS) is 12.8. The van der Waals surface area contributed by atoms with Gasteiger partial charge in [0.2, 0.25) is 0 Å². The van der Waals surface area contributed by atoms with Crippen molar-refractivity contribution in [2.45, 2.75) is 58.8 Å². The monoisotopic (exact) mass is 238 g/mol. The molecule has 1 atom stereocenters. The fourth-order valence-electron chi connectivity index (χ4n) is 2.28. The third kappa shape index (κ3) is 4.17. The van der Waals surface area contributed by atoms with Crippen LogP contribution in [-0.2, 0) is 0 Å². The molecule has 1 unspecified atom stereocenters. The van der Waals surface area contributed by atoms with Crippen LogP contribution in [0.3, 0.4) is 0 Å². The second-order valence-corrected chi connectivity index (χ2v) is 5.13. The van der Waals surface area contributed by atoms with Crippen LogP contribution in [-0.4, -0.2) is 0 Å². The summed E-state index contributed by atoms with van der Waals surface area (Å²) < 4.78 is 0. The largest absolute Gasteiger partial charge is 0.0843 e. The minimum Gasteiger partial charge on any atom is -0.0843 e. The zero-order valence-electron chi connectivity index (χ0n) is 10.7. The summed E-state index contributed by atoms with van der Waals surface area (Å²) in [6.07, 6.45) is 6.42. The molecule has 1 heteroatoms. The van der Waals surface area contributed by atoms with E-state index in [1.165, 1.54) is 43.2 Å². The molecule has 0 heterocycles. The van der Waals surface area contributed by atoms with E-state index in [2.05, 4.69) is 32.9 Å². The Morgan fingerprint density at radius 2 is 1.81 bits per heavy atom. The predicted molar refractivity (Wildman–Crippen MR) is 73.4 cm³/mol. The Hall–Kier alpha value is -0.490. The Morgan fingerprint density at radius 1 is 1.06 bits per heavy atom. The van der Waals surface area contributed by atoms with E-state index in [9.17, 15) is 0 Å². The average Bonchev–Trinajstić information content (AvgIpc) is 2.22. The number of halogens is 1. The highest BCUT2D eigenvalue weighted by molar-refractivity contribution is 6.30. The molecule has 0 aliphatic heterocycles. The van der Waals surface area contributed by atoms with Crippen molar-refractivity contribution >= 4 is 11.6 Å². The molecule has 0 radical (unpaired) electrons. The predicted octanol–water partition coefficient (Wildman–Crippen LogP) is 5.72. The molecule has 0 fully saturated rings. The van der Waals surface area contributed by atoms with Crippen LogP contribution in [0.15, 0.2) is 18.2 Å². The van der Waals surface area contributed by atoms with Gasteiger partial charge in [-0.3, -0.25) is 0 Å². The summed E-state index contributed by atoms with van der Waals surface area (Å²) >= 11 is 6.13. The maximum atomic E-state index is 6.13. The number of unbranched alkanes of at least 4 members (excludes halogenated alkanes) is 1. The first-order chi connectivity index (χ1) is 7.67. The molecule has 1 aromatic carbocycles. The fourth-order valence-corrected chi connectivity index (χ4v) is 2.58. The van der Waals surface area contributed by atoms with E-state index in [4.69, 9.17) is 11.6 Å². The van der Waals surface area contributed by atoms with Crippen molar-refractivity contribution in [2.75, 3.05) is 0 Å². The van der Waals surface area contributed by atoms with Gasteiger partial charge in [0.05, 0.1) is 0 Å². The molecular formula is C15H23Cl. The molecule has 0 amide bonds. The van der Waals surface area contributed by atoms with Gasteiger partial charge in [0.1, 0.15) is 0 Å². The topological polar surface area (TPSA) is 0 Å². The van der Waals surface area contributed by atoms with Crippen molar-refractivity contribution in [3.05, 3.63) is 34.3 Å². The van der Waals surface area contributed by atoms with Crippen LogP contribution >= 0.6 is 11.6 Å². The van der Waals surface area contributed by atoms with Crippen LogP contribution in [0.2, 0.25) is 5.02 Å². The third-order valence-electron chi connectivity index (χ3n) is 3.08. The highest BCUT2D eigenvalue weighted by Gasteiger charge is 2.11. The number of aryl methyl sites for hydroxylation is 1. The van der Waals surface area contributed by atoms with E-state index in [1.54, 1.807) is 0 Å². The van der Waals surface area contributed by atoms with Gasteiger partial charge >= 0.3 is 0 Å². The molecule has 0 nitrogen and oxygen atoms in total. The van der Waals surface area contributed by atoms with Gasteiger partial charge in [-0.2, -0.15) is 0 Å². The van der Waals surface area contributed by atoms with E-state index in [0.717, 1.165) is 5.02 Å². The average molecular weight is 239 g/mol. The maximum absolute atomic E-state index is 6.13. The van der Waals surface area contributed by atoms with Crippen molar-refractivity contribution in [3.8, 4) is 0 Å². The van der Waals surface area contributed by atoms with Gasteiger partial charge in [-0.15, -0.1) is 0 Å². The Bertz CT molecular complexity index is 297. The molecule has 16 heavy (non-hydrogen) atoms. The summed E-state index contributed by atoms with van der Waals surface area (Å²) in [4.78, 5) is 0. The Balaban J connectivity index is 2.82. The smallest absolute Gasteiger partial charge is 0.0411 e. The van der Waals surface area contributed by atoms with E-state index in [-0.39, 0.29) is 0 Å². The van der Waals surface area contributed by atoms with Crippen molar-refractivity contribution in [1.82, 2.24) is 0 Å². The Morgan fingerprint density at radius 3 is 2.38 bits per heavy atom. The van der Waals surface area contributed by atoms with Gasteiger partial charge < -0.3 is 0 Å². The molecule has 0 aromatic heterocycles. The van der Waals surface area contributed by atoms with E-state index >= 15 is 0 Å². The maximum Gasteiger partial charge on any atom is 0.0411 e. The second-order valence-electron chi connectivity index (χ2n) is 4.69. The van der Waals surface area contributed by atoms with Crippen molar-refractivity contribution < 1.29 is 0 Å². The third-order valence-corrected chi connectivity index (χ3v) is 3.30. The lowest BCUT2D eigenvalue weighted by Gasteiger charge is -2.17. The Kier molecular flexibility index (Phi) is 5.90. The highest BCUT2D eigenvalue weighted by atomic mass is 35.5. The molecule has 0 bridgehead atoms. The first-order valence-corrected chi connectivity index (χ1v) is 6.82. The van der Waals surface area contributed by atoms with Crippen molar-refractivity contribution in [3.63, 3.8) is 0 Å². The summed E-state index contributed by atoms with van der Waals surface area (Å²) in [5, 5.41) is 0.882. The summed E-state index contributed by atoms with van der Waals surface area (Å²) in [5.41, 5.74) is 2.71. The molecule has 0 saturated carbocycles. The van der Waals surface area contributed by atoms with E-state index in [1.807, 2.05) is 6.07 Å². The molecule has 1 aromatic rings. The van der Waals surface area contributed by atoms with Gasteiger partial charge in [0, 0.05) is 5.02 Å². The van der Waals surface area contributed by atoms with Crippen LogP contribution in [0.4, 0.5) is 0 Å². The van der Waals surface area contributed by atoms with Crippen LogP contribution in [0.25, 0.3) is 0 Å². The fraction of sp³-hybridized carbons (Fsp3) is 0.600. The zero-order chi connectivity index (χ0) is 12.0. The molecular weight excluding hydrogens is 216 g/mol. The van der Waals surface area contributed by atoms with Gasteiger partial charge in [0.25, 0.3) is 0 Å². The molecule has 0 spiro atoms. The van der Waals surface area contributed by atoms with Crippen molar-refractivity contribution in [2.24, 2.45) is 0 Å². The summed E-state index contributed by atoms with van der Waals surface area (Å²) in [7, 11) is 0. The summed E-state index contributed by atoms with van der Waals surface area (Å²) in [6, 6.07) is 6.47. The van der Waals surface area contributed by atoms with Gasteiger partial charge in [-0.25, -0.2) is 0 Å². The Labute approximate surface area is 105 Å². The first kappa shape index (κ1) is 13.6. The second kappa shape index (κ2) is 6.96. The van der Waals surface area contributed by atoms with E-state index < -0.39 is 0 Å². The van der Waals surface area contributed by atoms with Gasteiger partial charge in [-0.05, 0) is 48.9 Å². The van der Waals surface area contributed by atoms with Crippen LogP contribution < -0.4 is 0 Å². The standard InChI is InChI=1S/C15H23Cl/c1-4-6-8-13(7-5-2)14-9-12(3)10-15(16)11-14/h9-11,13H,4-8H2,1-3H3. The lowest BCUT2D eigenvalue weighted by Crippen LogP contribution is -1.99. The molecule has 90 valence electrons. The molecule has 0 aliphatic rings. The minimum absolute atomic E-state index is 0.697.